The van der Waals surface area contributed by atoms with Gasteiger partial charge in [0.2, 0.25) is 0 Å². The van der Waals surface area contributed by atoms with E-state index < -0.39 is 0 Å². The number of anilines is 1. The lowest BCUT2D eigenvalue weighted by Gasteiger charge is -2.46. The van der Waals surface area contributed by atoms with Crippen LogP contribution in [0.2, 0.25) is 5.15 Å². The van der Waals surface area contributed by atoms with Gasteiger partial charge in [0.1, 0.15) is 22.8 Å². The van der Waals surface area contributed by atoms with Crippen molar-refractivity contribution in [3.05, 3.63) is 16.8 Å². The molecule has 7 heteroatoms. The second-order valence-electron chi connectivity index (χ2n) is 4.98. The van der Waals surface area contributed by atoms with E-state index in [0.717, 1.165) is 26.3 Å². The van der Waals surface area contributed by atoms with Gasteiger partial charge in [0, 0.05) is 32.4 Å². The molecule has 2 saturated heterocycles. The van der Waals surface area contributed by atoms with Crippen molar-refractivity contribution in [2.75, 3.05) is 38.7 Å². The molecular weight excluding hydrogens is 280 g/mol. The molecule has 1 aromatic rings. The largest absolute Gasteiger partial charge is 0.487 e. The minimum Gasteiger partial charge on any atom is -0.487 e. The summed E-state index contributed by atoms with van der Waals surface area (Å²) in [6.45, 7) is 3.42. The molecule has 0 aliphatic carbocycles. The second-order valence-corrected chi connectivity index (χ2v) is 5.37. The lowest BCUT2D eigenvalue weighted by molar-refractivity contribution is -0.115. The number of rotatable bonds is 5. The molecule has 3 heterocycles. The number of aromatic nitrogens is 1. The predicted octanol–water partition coefficient (Wildman–Crippen LogP) is 1.24. The molecule has 6 nitrogen and oxygen atoms in total. The van der Waals surface area contributed by atoms with Crippen molar-refractivity contribution in [3.63, 3.8) is 0 Å². The van der Waals surface area contributed by atoms with E-state index in [1.54, 1.807) is 13.1 Å². The number of ether oxygens (including phenoxy) is 2. The van der Waals surface area contributed by atoms with Crippen molar-refractivity contribution in [2.24, 2.45) is 0 Å². The van der Waals surface area contributed by atoms with Crippen molar-refractivity contribution < 1.29 is 9.47 Å². The average molecular weight is 297 g/mol. The zero-order chi connectivity index (χ0) is 14.1. The molecule has 0 radical (unpaired) electrons. The third-order valence-corrected chi connectivity index (χ3v) is 3.87. The highest BCUT2D eigenvalue weighted by Gasteiger charge is 2.37. The lowest BCUT2D eigenvalue weighted by Crippen LogP contribution is -2.63. The molecule has 0 unspecified atom stereocenters. The third kappa shape index (κ3) is 2.46. The van der Waals surface area contributed by atoms with E-state index in [1.807, 2.05) is 0 Å². The van der Waals surface area contributed by atoms with Crippen molar-refractivity contribution in [1.29, 1.82) is 5.41 Å². The molecule has 108 valence electrons. The summed E-state index contributed by atoms with van der Waals surface area (Å²) >= 11 is 5.98. The summed E-state index contributed by atoms with van der Waals surface area (Å²) in [5.41, 5.74) is 0.627. The summed E-state index contributed by atoms with van der Waals surface area (Å²) in [6.07, 6.45) is 1.37. The van der Waals surface area contributed by atoms with E-state index in [1.165, 1.54) is 6.21 Å². The summed E-state index contributed by atoms with van der Waals surface area (Å²) < 4.78 is 11.1. The van der Waals surface area contributed by atoms with E-state index >= 15 is 0 Å². The summed E-state index contributed by atoms with van der Waals surface area (Å²) in [5.74, 6) is 1.17. The van der Waals surface area contributed by atoms with Gasteiger partial charge in [0.25, 0.3) is 0 Å². The minimum absolute atomic E-state index is 0.137. The van der Waals surface area contributed by atoms with Gasteiger partial charge in [0.05, 0.1) is 24.8 Å². The predicted molar refractivity (Wildman–Crippen MR) is 77.3 cm³/mol. The third-order valence-electron chi connectivity index (χ3n) is 3.68. The van der Waals surface area contributed by atoms with Crippen LogP contribution in [0.5, 0.6) is 5.75 Å². The van der Waals surface area contributed by atoms with Crippen LogP contribution < -0.4 is 10.1 Å². The van der Waals surface area contributed by atoms with E-state index in [9.17, 15) is 0 Å². The maximum absolute atomic E-state index is 7.51. The lowest BCUT2D eigenvalue weighted by atomic mass is 10.1. The quantitative estimate of drug-likeness (QED) is 0.632. The van der Waals surface area contributed by atoms with Gasteiger partial charge in [-0.05, 0) is 0 Å². The molecule has 0 aromatic carbocycles. The minimum atomic E-state index is 0.137. The number of pyridine rings is 1. The van der Waals surface area contributed by atoms with Gasteiger partial charge >= 0.3 is 0 Å². The van der Waals surface area contributed by atoms with Crippen LogP contribution in [0.15, 0.2) is 6.07 Å². The number of halogens is 1. The molecule has 0 amide bonds. The molecule has 3 rings (SSSR count). The molecule has 0 bridgehead atoms. The van der Waals surface area contributed by atoms with Gasteiger partial charge in [-0.15, -0.1) is 0 Å². The zero-order valence-electron chi connectivity index (χ0n) is 11.2. The van der Waals surface area contributed by atoms with Crippen molar-refractivity contribution in [3.8, 4) is 5.75 Å². The highest BCUT2D eigenvalue weighted by Crippen LogP contribution is 2.29. The smallest absolute Gasteiger partial charge is 0.140 e. The number of likely N-dealkylation sites (tertiary alicyclic amines) is 1. The van der Waals surface area contributed by atoms with Gasteiger partial charge in [-0.25, -0.2) is 4.98 Å². The van der Waals surface area contributed by atoms with Crippen LogP contribution in [0.4, 0.5) is 5.82 Å². The van der Waals surface area contributed by atoms with Crippen molar-refractivity contribution in [1.82, 2.24) is 9.88 Å². The number of hydrogen-bond donors (Lipinski definition) is 2. The van der Waals surface area contributed by atoms with Crippen molar-refractivity contribution >= 4 is 23.6 Å². The van der Waals surface area contributed by atoms with Crippen LogP contribution in [0.3, 0.4) is 0 Å². The Kier molecular flexibility index (Phi) is 3.78. The van der Waals surface area contributed by atoms with Crippen LogP contribution in [0.25, 0.3) is 0 Å². The first kappa shape index (κ1) is 13.6. The Labute approximate surface area is 122 Å². The SMILES string of the molecule is CNc1nc(Cl)cc(OC2CN(C3COC3)C2)c1C=N. The molecule has 2 N–H and O–H groups in total. The zero-order valence-corrected chi connectivity index (χ0v) is 12.0. The molecule has 20 heavy (non-hydrogen) atoms. The molecule has 2 aliphatic heterocycles. The van der Waals surface area contributed by atoms with E-state index in [-0.39, 0.29) is 6.10 Å². The Hall–Kier alpha value is -1.37. The van der Waals surface area contributed by atoms with Crippen LogP contribution in [-0.4, -0.2) is 61.6 Å². The molecule has 2 aliphatic rings. The van der Waals surface area contributed by atoms with Crippen LogP contribution in [0.1, 0.15) is 5.56 Å². The van der Waals surface area contributed by atoms with Gasteiger partial charge in [-0.1, -0.05) is 11.6 Å². The molecule has 1 aromatic heterocycles. The van der Waals surface area contributed by atoms with E-state index in [2.05, 4.69) is 15.2 Å². The average Bonchev–Trinajstić information content (AvgIpc) is 2.33. The first-order chi connectivity index (χ1) is 9.71. The van der Waals surface area contributed by atoms with Gasteiger partial charge in [-0.2, -0.15) is 0 Å². The Balaban J connectivity index is 1.68. The summed E-state index contributed by atoms with van der Waals surface area (Å²) in [5, 5.41) is 10.8. The normalized spacial score (nSPS) is 20.1. The Morgan fingerprint density at radius 1 is 1.55 bits per heavy atom. The number of hydrogen-bond acceptors (Lipinski definition) is 6. The fourth-order valence-electron chi connectivity index (χ4n) is 2.39. The summed E-state index contributed by atoms with van der Waals surface area (Å²) in [4.78, 5) is 6.48. The highest BCUT2D eigenvalue weighted by atomic mass is 35.5. The number of nitrogens with zero attached hydrogens (tertiary/aromatic N) is 2. The maximum Gasteiger partial charge on any atom is 0.140 e. The first-order valence-electron chi connectivity index (χ1n) is 6.58. The molecule has 0 spiro atoms. The molecular formula is C13H17ClN4O2. The number of nitrogens with one attached hydrogen (secondary N) is 2. The van der Waals surface area contributed by atoms with Gasteiger partial charge < -0.3 is 20.2 Å². The fraction of sp³-hybridized carbons (Fsp3) is 0.538. The van der Waals surface area contributed by atoms with Crippen LogP contribution in [-0.2, 0) is 4.74 Å². The van der Waals surface area contributed by atoms with Gasteiger partial charge in [-0.3, -0.25) is 4.90 Å². The fourth-order valence-corrected chi connectivity index (χ4v) is 2.57. The summed E-state index contributed by atoms with van der Waals surface area (Å²) in [7, 11) is 1.75. The van der Waals surface area contributed by atoms with E-state index in [0.29, 0.717) is 28.3 Å². The van der Waals surface area contributed by atoms with E-state index in [4.69, 9.17) is 26.5 Å². The maximum atomic E-state index is 7.51. The van der Waals surface area contributed by atoms with Crippen LogP contribution in [0, 0.1) is 5.41 Å². The molecule has 0 saturated carbocycles. The Morgan fingerprint density at radius 3 is 2.85 bits per heavy atom. The second kappa shape index (κ2) is 5.55. The van der Waals surface area contributed by atoms with Crippen LogP contribution >= 0.6 is 11.6 Å². The Morgan fingerprint density at radius 2 is 2.30 bits per heavy atom. The highest BCUT2D eigenvalue weighted by molar-refractivity contribution is 6.29. The standard InChI is InChI=1S/C13H17ClN4O2/c1-16-13-10(3-15)11(2-12(14)17-13)20-9-4-18(5-9)8-6-19-7-8/h2-3,8-9,15H,4-7H2,1H3,(H,16,17). The molecule has 2 fully saturated rings. The summed E-state index contributed by atoms with van der Waals surface area (Å²) in [6, 6.07) is 2.21. The first-order valence-corrected chi connectivity index (χ1v) is 6.96. The monoisotopic (exact) mass is 296 g/mol. The Bertz CT molecular complexity index is 515. The van der Waals surface area contributed by atoms with Gasteiger partial charge in [0.15, 0.2) is 0 Å². The topological polar surface area (TPSA) is 70.5 Å². The molecule has 0 atom stereocenters. The van der Waals surface area contributed by atoms with Crippen molar-refractivity contribution in [2.45, 2.75) is 12.1 Å².